The van der Waals surface area contributed by atoms with E-state index in [0.717, 1.165) is 18.6 Å². The van der Waals surface area contributed by atoms with Crippen molar-refractivity contribution in [2.75, 3.05) is 7.11 Å². The van der Waals surface area contributed by atoms with Crippen molar-refractivity contribution in [1.82, 2.24) is 0 Å². The van der Waals surface area contributed by atoms with Gasteiger partial charge in [-0.15, -0.1) is 0 Å². The molecular weight excluding hydrogens is 246 g/mol. The summed E-state index contributed by atoms with van der Waals surface area (Å²) in [7, 11) is 1.68. The number of aryl methyl sites for hydroxylation is 1. The minimum absolute atomic E-state index is 0.249. The lowest BCUT2D eigenvalue weighted by molar-refractivity contribution is 0.414. The van der Waals surface area contributed by atoms with Gasteiger partial charge in [-0.1, -0.05) is 36.4 Å². The van der Waals surface area contributed by atoms with Crippen molar-refractivity contribution in [2.24, 2.45) is 5.73 Å². The zero-order chi connectivity index (χ0) is 14.6. The quantitative estimate of drug-likeness (QED) is 0.901. The normalized spacial score (nSPS) is 13.8. The molecule has 2 rings (SSSR count). The van der Waals surface area contributed by atoms with E-state index in [-0.39, 0.29) is 5.54 Å². The van der Waals surface area contributed by atoms with Crippen molar-refractivity contribution in [3.05, 3.63) is 65.2 Å². The lowest BCUT2D eigenvalue weighted by atomic mass is 9.86. The molecule has 1 atom stereocenters. The summed E-state index contributed by atoms with van der Waals surface area (Å²) in [5.41, 5.74) is 10.1. The Labute approximate surface area is 121 Å². The fourth-order valence-electron chi connectivity index (χ4n) is 2.52. The second-order valence-electron chi connectivity index (χ2n) is 5.78. The average Bonchev–Trinajstić information content (AvgIpc) is 2.41. The molecule has 2 aromatic carbocycles. The van der Waals surface area contributed by atoms with E-state index in [2.05, 4.69) is 50.2 Å². The highest BCUT2D eigenvalue weighted by Crippen LogP contribution is 2.20. The first-order valence-electron chi connectivity index (χ1n) is 6.96. The van der Waals surface area contributed by atoms with Crippen LogP contribution in [-0.2, 0) is 12.8 Å². The van der Waals surface area contributed by atoms with Crippen LogP contribution >= 0.6 is 0 Å². The molecule has 0 aromatic heterocycles. The molecule has 2 aromatic rings. The number of rotatable bonds is 5. The molecule has 2 nitrogen and oxygen atoms in total. The fourth-order valence-corrected chi connectivity index (χ4v) is 2.52. The van der Waals surface area contributed by atoms with E-state index in [1.54, 1.807) is 7.11 Å². The Bertz CT molecular complexity index is 558. The number of nitrogens with two attached hydrogens (primary N) is 1. The molecule has 0 spiro atoms. The summed E-state index contributed by atoms with van der Waals surface area (Å²) in [5, 5.41) is 0. The Balaban J connectivity index is 2.08. The van der Waals surface area contributed by atoms with Crippen LogP contribution in [0.5, 0.6) is 5.75 Å². The van der Waals surface area contributed by atoms with Crippen molar-refractivity contribution in [3.63, 3.8) is 0 Å². The minimum Gasteiger partial charge on any atom is -0.497 e. The third kappa shape index (κ3) is 3.84. The van der Waals surface area contributed by atoms with Crippen LogP contribution in [-0.4, -0.2) is 12.6 Å². The first-order chi connectivity index (χ1) is 9.50. The molecule has 0 radical (unpaired) electrons. The van der Waals surface area contributed by atoms with Gasteiger partial charge in [-0.05, 0) is 55.5 Å². The van der Waals surface area contributed by atoms with E-state index in [1.165, 1.54) is 16.7 Å². The Morgan fingerprint density at radius 3 is 2.25 bits per heavy atom. The molecule has 0 aliphatic carbocycles. The van der Waals surface area contributed by atoms with Crippen LogP contribution in [0.3, 0.4) is 0 Å². The summed E-state index contributed by atoms with van der Waals surface area (Å²) in [4.78, 5) is 0. The maximum atomic E-state index is 6.49. The molecular formula is C18H23NO. The van der Waals surface area contributed by atoms with Gasteiger partial charge in [-0.25, -0.2) is 0 Å². The standard InChI is InChI=1S/C18H23NO/c1-14-6-4-5-7-16(14)13-18(2,19)12-15-8-10-17(20-3)11-9-15/h4-11H,12-13,19H2,1-3H3. The van der Waals surface area contributed by atoms with Gasteiger partial charge in [-0.2, -0.15) is 0 Å². The van der Waals surface area contributed by atoms with Crippen LogP contribution in [0.1, 0.15) is 23.6 Å². The molecule has 0 heterocycles. The van der Waals surface area contributed by atoms with Crippen LogP contribution in [0.15, 0.2) is 48.5 Å². The largest absolute Gasteiger partial charge is 0.497 e. The predicted molar refractivity (Wildman–Crippen MR) is 84.2 cm³/mol. The van der Waals surface area contributed by atoms with Gasteiger partial charge in [0, 0.05) is 5.54 Å². The fraction of sp³-hybridized carbons (Fsp3) is 0.333. The Kier molecular flexibility index (Phi) is 4.46. The highest BCUT2D eigenvalue weighted by Gasteiger charge is 2.20. The van der Waals surface area contributed by atoms with Gasteiger partial charge in [0.1, 0.15) is 5.75 Å². The van der Waals surface area contributed by atoms with E-state index < -0.39 is 0 Å². The smallest absolute Gasteiger partial charge is 0.118 e. The van der Waals surface area contributed by atoms with Gasteiger partial charge in [0.2, 0.25) is 0 Å². The third-order valence-corrected chi connectivity index (χ3v) is 3.62. The first-order valence-corrected chi connectivity index (χ1v) is 6.96. The molecule has 0 amide bonds. The van der Waals surface area contributed by atoms with Gasteiger partial charge < -0.3 is 10.5 Å². The molecule has 2 N–H and O–H groups in total. The average molecular weight is 269 g/mol. The molecule has 0 fully saturated rings. The minimum atomic E-state index is -0.249. The molecule has 20 heavy (non-hydrogen) atoms. The van der Waals surface area contributed by atoms with Crippen LogP contribution < -0.4 is 10.5 Å². The topological polar surface area (TPSA) is 35.2 Å². The third-order valence-electron chi connectivity index (χ3n) is 3.62. The van der Waals surface area contributed by atoms with Crippen LogP contribution in [0.4, 0.5) is 0 Å². The monoisotopic (exact) mass is 269 g/mol. The first kappa shape index (κ1) is 14.6. The zero-order valence-electron chi connectivity index (χ0n) is 12.5. The second-order valence-corrected chi connectivity index (χ2v) is 5.78. The summed E-state index contributed by atoms with van der Waals surface area (Å²) in [6, 6.07) is 16.6. The lowest BCUT2D eigenvalue weighted by Gasteiger charge is -2.26. The molecule has 106 valence electrons. The number of ether oxygens (including phenoxy) is 1. The number of benzene rings is 2. The van der Waals surface area contributed by atoms with Crippen molar-refractivity contribution in [1.29, 1.82) is 0 Å². The van der Waals surface area contributed by atoms with Gasteiger partial charge in [0.05, 0.1) is 7.11 Å². The molecule has 0 saturated heterocycles. The van der Waals surface area contributed by atoms with E-state index in [4.69, 9.17) is 10.5 Å². The van der Waals surface area contributed by atoms with Crippen molar-refractivity contribution < 1.29 is 4.74 Å². The van der Waals surface area contributed by atoms with Crippen molar-refractivity contribution in [2.45, 2.75) is 32.2 Å². The molecule has 0 aliphatic heterocycles. The van der Waals surface area contributed by atoms with Crippen LogP contribution in [0, 0.1) is 6.92 Å². The number of methoxy groups -OCH3 is 1. The van der Waals surface area contributed by atoms with Gasteiger partial charge >= 0.3 is 0 Å². The summed E-state index contributed by atoms with van der Waals surface area (Å²) in [5.74, 6) is 0.881. The summed E-state index contributed by atoms with van der Waals surface area (Å²) >= 11 is 0. The SMILES string of the molecule is COc1ccc(CC(C)(N)Cc2ccccc2C)cc1. The maximum Gasteiger partial charge on any atom is 0.118 e. The van der Waals surface area contributed by atoms with Crippen LogP contribution in [0.2, 0.25) is 0 Å². The molecule has 2 heteroatoms. The molecule has 0 saturated carbocycles. The van der Waals surface area contributed by atoms with Crippen molar-refractivity contribution in [3.8, 4) is 5.75 Å². The Morgan fingerprint density at radius 2 is 1.65 bits per heavy atom. The molecule has 0 bridgehead atoms. The van der Waals surface area contributed by atoms with Crippen LogP contribution in [0.25, 0.3) is 0 Å². The van der Waals surface area contributed by atoms with E-state index in [1.807, 2.05) is 12.1 Å². The van der Waals surface area contributed by atoms with E-state index >= 15 is 0 Å². The molecule has 0 aliphatic rings. The second kappa shape index (κ2) is 6.10. The maximum absolute atomic E-state index is 6.49. The Hall–Kier alpha value is -1.80. The lowest BCUT2D eigenvalue weighted by Crippen LogP contribution is -2.41. The molecule has 1 unspecified atom stereocenters. The highest BCUT2D eigenvalue weighted by molar-refractivity contribution is 5.30. The van der Waals surface area contributed by atoms with Gasteiger partial charge in [-0.3, -0.25) is 0 Å². The number of hydrogen-bond donors (Lipinski definition) is 1. The van der Waals surface area contributed by atoms with Gasteiger partial charge in [0.15, 0.2) is 0 Å². The number of hydrogen-bond acceptors (Lipinski definition) is 2. The summed E-state index contributed by atoms with van der Waals surface area (Å²) in [6.07, 6.45) is 1.73. The summed E-state index contributed by atoms with van der Waals surface area (Å²) < 4.78 is 5.18. The summed E-state index contributed by atoms with van der Waals surface area (Å²) in [6.45, 7) is 4.25. The van der Waals surface area contributed by atoms with E-state index in [9.17, 15) is 0 Å². The zero-order valence-corrected chi connectivity index (χ0v) is 12.5. The Morgan fingerprint density at radius 1 is 1.00 bits per heavy atom. The van der Waals surface area contributed by atoms with Gasteiger partial charge in [0.25, 0.3) is 0 Å². The predicted octanol–water partition coefficient (Wildman–Crippen LogP) is 3.51. The van der Waals surface area contributed by atoms with Crippen molar-refractivity contribution >= 4 is 0 Å². The van der Waals surface area contributed by atoms with E-state index in [0.29, 0.717) is 0 Å². The highest BCUT2D eigenvalue weighted by atomic mass is 16.5.